The molecule has 1 aromatic carbocycles. The van der Waals surface area contributed by atoms with E-state index >= 15 is 0 Å². The van der Waals surface area contributed by atoms with Crippen LogP contribution in [0.3, 0.4) is 0 Å². The van der Waals surface area contributed by atoms with Crippen LogP contribution in [0.25, 0.3) is 0 Å². The zero-order chi connectivity index (χ0) is 21.6. The molecule has 156 valence electrons. The van der Waals surface area contributed by atoms with Crippen molar-refractivity contribution in [3.8, 4) is 6.07 Å². The van der Waals surface area contributed by atoms with Crippen molar-refractivity contribution in [2.75, 3.05) is 32.6 Å². The van der Waals surface area contributed by atoms with Crippen LogP contribution in [0.2, 0.25) is 5.02 Å². The second kappa shape index (κ2) is 10.4. The van der Waals surface area contributed by atoms with Gasteiger partial charge in [-0.25, -0.2) is 4.39 Å². The van der Waals surface area contributed by atoms with E-state index in [0.717, 1.165) is 17.7 Å². The Hall–Kier alpha value is -2.40. The fraction of sp³-hybridized carbons (Fsp3) is 0.429. The van der Waals surface area contributed by atoms with Crippen molar-refractivity contribution in [3.05, 3.63) is 51.4 Å². The lowest BCUT2D eigenvalue weighted by Gasteiger charge is -2.18. The molecule has 6 nitrogen and oxygen atoms in total. The summed E-state index contributed by atoms with van der Waals surface area (Å²) in [5.74, 6) is -0.210. The van der Waals surface area contributed by atoms with E-state index in [4.69, 9.17) is 16.3 Å². The van der Waals surface area contributed by atoms with Gasteiger partial charge in [-0.2, -0.15) is 5.26 Å². The number of anilines is 1. The molecule has 1 N–H and O–H groups in total. The number of rotatable bonds is 9. The average Bonchev–Trinajstić information content (AvgIpc) is 2.88. The minimum absolute atomic E-state index is 0.0247. The molecule has 0 fully saturated rings. The van der Waals surface area contributed by atoms with Crippen LogP contribution in [0.5, 0.6) is 0 Å². The molecular weight excluding hydrogens is 395 g/mol. The number of nitrogens with one attached hydrogen (secondary N) is 1. The van der Waals surface area contributed by atoms with Gasteiger partial charge in [-0.1, -0.05) is 17.7 Å². The highest BCUT2D eigenvalue weighted by atomic mass is 35.5. The van der Waals surface area contributed by atoms with Crippen LogP contribution in [0, 0.1) is 31.0 Å². The molecule has 2 aromatic rings. The summed E-state index contributed by atoms with van der Waals surface area (Å²) in [6.07, 6.45) is 0.755. The van der Waals surface area contributed by atoms with E-state index < -0.39 is 5.82 Å². The summed E-state index contributed by atoms with van der Waals surface area (Å²) in [7, 11) is 3.34. The highest BCUT2D eigenvalue weighted by molar-refractivity contribution is 6.31. The fourth-order valence-corrected chi connectivity index (χ4v) is 3.43. The number of methoxy groups -OCH3 is 1. The summed E-state index contributed by atoms with van der Waals surface area (Å²) >= 11 is 6.06. The number of amides is 1. The highest BCUT2D eigenvalue weighted by Crippen LogP contribution is 2.27. The number of benzene rings is 1. The number of hydrogen-bond acceptors (Lipinski definition) is 4. The fourth-order valence-electron chi connectivity index (χ4n) is 3.20. The second-order valence-corrected chi connectivity index (χ2v) is 7.37. The van der Waals surface area contributed by atoms with Crippen molar-refractivity contribution in [1.29, 1.82) is 5.26 Å². The molecule has 8 heteroatoms. The molecule has 1 amide bonds. The first-order valence-corrected chi connectivity index (χ1v) is 9.67. The van der Waals surface area contributed by atoms with Gasteiger partial charge in [0.1, 0.15) is 17.7 Å². The first-order chi connectivity index (χ1) is 13.8. The van der Waals surface area contributed by atoms with E-state index in [-0.39, 0.29) is 19.0 Å². The summed E-state index contributed by atoms with van der Waals surface area (Å²) in [4.78, 5) is 14.3. The zero-order valence-electron chi connectivity index (χ0n) is 17.2. The second-order valence-electron chi connectivity index (χ2n) is 6.96. The maximum absolute atomic E-state index is 14.0. The molecule has 0 aliphatic carbocycles. The SMILES string of the molecule is COCCCn1c(C)c(C)c(C#N)c1NC(=O)CN(C)Cc1c(F)cccc1Cl. The van der Waals surface area contributed by atoms with Crippen molar-refractivity contribution in [2.24, 2.45) is 0 Å². The van der Waals surface area contributed by atoms with Crippen LogP contribution in [0.1, 0.15) is 28.8 Å². The minimum Gasteiger partial charge on any atom is -0.385 e. The molecule has 1 heterocycles. The Morgan fingerprint density at radius 3 is 2.76 bits per heavy atom. The maximum Gasteiger partial charge on any atom is 0.239 e. The first-order valence-electron chi connectivity index (χ1n) is 9.30. The monoisotopic (exact) mass is 420 g/mol. The lowest BCUT2D eigenvalue weighted by molar-refractivity contribution is -0.117. The van der Waals surface area contributed by atoms with Crippen LogP contribution in [0.4, 0.5) is 10.2 Å². The number of aromatic nitrogens is 1. The summed E-state index contributed by atoms with van der Waals surface area (Å²) in [5, 5.41) is 12.7. The number of halogens is 2. The largest absolute Gasteiger partial charge is 0.385 e. The van der Waals surface area contributed by atoms with E-state index in [1.807, 2.05) is 18.4 Å². The van der Waals surface area contributed by atoms with Gasteiger partial charge in [0.2, 0.25) is 5.91 Å². The van der Waals surface area contributed by atoms with Gasteiger partial charge in [-0.05, 0) is 45.0 Å². The molecule has 0 saturated carbocycles. The molecular formula is C21H26ClFN4O2. The Kier molecular flexibility index (Phi) is 8.21. The van der Waals surface area contributed by atoms with E-state index in [2.05, 4.69) is 11.4 Å². The lowest BCUT2D eigenvalue weighted by atomic mass is 10.2. The molecule has 2 rings (SSSR count). The summed E-state index contributed by atoms with van der Waals surface area (Å²) in [5.41, 5.74) is 2.57. The first kappa shape index (κ1) is 22.9. The minimum atomic E-state index is -0.408. The third kappa shape index (κ3) is 5.57. The van der Waals surface area contributed by atoms with Crippen molar-refractivity contribution in [1.82, 2.24) is 9.47 Å². The Balaban J connectivity index is 2.13. The molecule has 0 bridgehead atoms. The molecule has 0 atom stereocenters. The molecule has 1 aromatic heterocycles. The van der Waals surface area contributed by atoms with Gasteiger partial charge in [-0.15, -0.1) is 0 Å². The van der Waals surface area contributed by atoms with Gasteiger partial charge in [-0.3, -0.25) is 9.69 Å². The third-order valence-electron chi connectivity index (χ3n) is 4.83. The summed E-state index contributed by atoms with van der Waals surface area (Å²) in [6, 6.07) is 6.68. The lowest BCUT2D eigenvalue weighted by Crippen LogP contribution is -2.31. The van der Waals surface area contributed by atoms with Crippen LogP contribution in [-0.2, 0) is 22.6 Å². The van der Waals surface area contributed by atoms with Crippen molar-refractivity contribution in [2.45, 2.75) is 33.4 Å². The average molecular weight is 421 g/mol. The van der Waals surface area contributed by atoms with Gasteiger partial charge >= 0.3 is 0 Å². The van der Waals surface area contributed by atoms with Gasteiger partial charge in [0.15, 0.2) is 0 Å². The Bertz CT molecular complexity index is 900. The molecule has 29 heavy (non-hydrogen) atoms. The number of ether oxygens (including phenoxy) is 1. The molecule has 0 aliphatic heterocycles. The van der Waals surface area contributed by atoms with E-state index in [1.165, 1.54) is 6.07 Å². The normalized spacial score (nSPS) is 11.0. The predicted molar refractivity (Wildman–Crippen MR) is 111 cm³/mol. The number of hydrogen-bond donors (Lipinski definition) is 1. The molecule has 0 saturated heterocycles. The zero-order valence-corrected chi connectivity index (χ0v) is 17.9. The quantitative estimate of drug-likeness (QED) is 0.625. The summed E-state index contributed by atoms with van der Waals surface area (Å²) in [6.45, 7) is 5.21. The van der Waals surface area contributed by atoms with Crippen LogP contribution < -0.4 is 5.32 Å². The number of carbonyl (C=O) groups excluding carboxylic acids is 1. The van der Waals surface area contributed by atoms with Crippen LogP contribution in [-0.4, -0.2) is 42.7 Å². The van der Waals surface area contributed by atoms with Gasteiger partial charge in [0.05, 0.1) is 12.1 Å². The molecule has 0 unspecified atom stereocenters. The molecule has 0 spiro atoms. The van der Waals surface area contributed by atoms with Crippen LogP contribution in [0.15, 0.2) is 18.2 Å². The predicted octanol–water partition coefficient (Wildman–Crippen LogP) is 3.88. The van der Waals surface area contributed by atoms with Gasteiger partial charge in [0, 0.05) is 43.1 Å². The van der Waals surface area contributed by atoms with Crippen molar-refractivity contribution in [3.63, 3.8) is 0 Å². The number of likely N-dealkylation sites (N-methyl/N-ethyl adjacent to an activating group) is 1. The maximum atomic E-state index is 14.0. The smallest absolute Gasteiger partial charge is 0.239 e. The third-order valence-corrected chi connectivity index (χ3v) is 5.19. The highest BCUT2D eigenvalue weighted by Gasteiger charge is 2.20. The topological polar surface area (TPSA) is 70.3 Å². The van der Waals surface area contributed by atoms with Crippen molar-refractivity contribution < 1.29 is 13.9 Å². The number of nitriles is 1. The number of nitrogens with zero attached hydrogens (tertiary/aromatic N) is 3. The van der Waals surface area contributed by atoms with E-state index in [0.29, 0.717) is 35.1 Å². The Morgan fingerprint density at radius 2 is 2.14 bits per heavy atom. The molecule has 0 aliphatic rings. The number of carbonyl (C=O) groups is 1. The van der Waals surface area contributed by atoms with Gasteiger partial charge < -0.3 is 14.6 Å². The standard InChI is InChI=1S/C21H26ClFN4O2/c1-14-15(2)27(9-6-10-29-4)21(16(14)11-24)25-20(28)13-26(3)12-17-18(22)7-5-8-19(17)23/h5,7-8H,6,9-10,12-13H2,1-4H3,(H,25,28). The molecule has 0 radical (unpaired) electrons. The Labute approximate surface area is 175 Å². The van der Waals surface area contributed by atoms with Crippen LogP contribution >= 0.6 is 11.6 Å². The van der Waals surface area contributed by atoms with E-state index in [1.54, 1.807) is 31.2 Å². The van der Waals surface area contributed by atoms with Crippen molar-refractivity contribution >= 4 is 23.3 Å². The summed E-state index contributed by atoms with van der Waals surface area (Å²) < 4.78 is 21.0. The van der Waals surface area contributed by atoms with E-state index in [9.17, 15) is 14.4 Å². The Morgan fingerprint density at radius 1 is 1.41 bits per heavy atom. The van der Waals surface area contributed by atoms with Gasteiger partial charge in [0.25, 0.3) is 0 Å².